The molecule has 0 aliphatic heterocycles. The third kappa shape index (κ3) is 4.32. The molecule has 2 N–H and O–H groups in total. The number of alkyl halides is 3. The summed E-state index contributed by atoms with van der Waals surface area (Å²) in [6, 6.07) is 12.9. The summed E-state index contributed by atoms with van der Waals surface area (Å²) in [4.78, 5) is 19.3. The molecule has 188 valence electrons. The van der Waals surface area contributed by atoms with Gasteiger partial charge in [0.15, 0.2) is 0 Å². The molecule has 5 aromatic rings. The Hall–Kier alpha value is -4.54. The number of benzene rings is 2. The molecule has 0 bridgehead atoms. The second-order valence-corrected chi connectivity index (χ2v) is 8.77. The predicted octanol–water partition coefficient (Wildman–Crippen LogP) is 5.01. The van der Waals surface area contributed by atoms with Crippen LogP contribution < -0.4 is 5.73 Å². The van der Waals surface area contributed by atoms with Crippen LogP contribution in [0.2, 0.25) is 0 Å². The minimum Gasteiger partial charge on any atom is -0.383 e. The normalized spacial score (nSPS) is 12.7. The Morgan fingerprint density at radius 1 is 1.03 bits per heavy atom. The van der Waals surface area contributed by atoms with E-state index in [-0.39, 0.29) is 5.91 Å². The highest BCUT2D eigenvalue weighted by Gasteiger charge is 2.30. The average molecular weight is 506 g/mol. The minimum absolute atomic E-state index is 0.227. The summed E-state index contributed by atoms with van der Waals surface area (Å²) < 4.78 is 40.2. The van der Waals surface area contributed by atoms with E-state index in [0.29, 0.717) is 39.2 Å². The van der Waals surface area contributed by atoms with Gasteiger partial charge in [0.05, 0.1) is 45.6 Å². The smallest absolute Gasteiger partial charge is 0.383 e. The number of amides is 1. The summed E-state index contributed by atoms with van der Waals surface area (Å²) in [7, 11) is 3.47. The number of carbonyl (C=O) groups is 1. The summed E-state index contributed by atoms with van der Waals surface area (Å²) in [6.07, 6.45) is -2.76. The number of hydrogen-bond acceptors (Lipinski definition) is 6. The van der Waals surface area contributed by atoms with Gasteiger partial charge in [-0.1, -0.05) is 12.1 Å². The number of anilines is 1. The lowest BCUT2D eigenvalue weighted by Crippen LogP contribution is -2.30. The van der Waals surface area contributed by atoms with Crippen LogP contribution in [0, 0.1) is 0 Å². The van der Waals surface area contributed by atoms with Gasteiger partial charge >= 0.3 is 6.18 Å². The topological polar surface area (TPSA) is 103 Å². The van der Waals surface area contributed by atoms with Crippen molar-refractivity contribution in [3.05, 3.63) is 77.6 Å². The van der Waals surface area contributed by atoms with Crippen molar-refractivity contribution in [1.29, 1.82) is 0 Å². The number of halogens is 3. The lowest BCUT2D eigenvalue weighted by Gasteiger charge is -2.24. The third-order valence-electron chi connectivity index (χ3n) is 6.48. The van der Waals surface area contributed by atoms with Gasteiger partial charge in [0.2, 0.25) is 0 Å². The third-order valence-corrected chi connectivity index (χ3v) is 6.48. The van der Waals surface area contributed by atoms with Crippen molar-refractivity contribution in [3.8, 4) is 11.3 Å². The van der Waals surface area contributed by atoms with E-state index >= 15 is 0 Å². The van der Waals surface area contributed by atoms with E-state index in [1.165, 1.54) is 12.1 Å². The van der Waals surface area contributed by atoms with Crippen LogP contribution in [0.5, 0.6) is 0 Å². The lowest BCUT2D eigenvalue weighted by atomic mass is 10.1. The molecule has 37 heavy (non-hydrogen) atoms. The zero-order valence-corrected chi connectivity index (χ0v) is 20.2. The monoisotopic (exact) mass is 505 g/mol. The fourth-order valence-corrected chi connectivity index (χ4v) is 4.22. The van der Waals surface area contributed by atoms with Crippen LogP contribution in [0.15, 0.2) is 60.8 Å². The molecule has 0 radical (unpaired) electrons. The van der Waals surface area contributed by atoms with E-state index in [9.17, 15) is 18.0 Å². The zero-order chi connectivity index (χ0) is 26.5. The van der Waals surface area contributed by atoms with Crippen molar-refractivity contribution in [2.45, 2.75) is 19.1 Å². The van der Waals surface area contributed by atoms with E-state index in [2.05, 4.69) is 20.3 Å². The summed E-state index contributed by atoms with van der Waals surface area (Å²) in [6.45, 7) is 1.82. The summed E-state index contributed by atoms with van der Waals surface area (Å²) in [5, 5.41) is 14.1. The first-order valence-electron chi connectivity index (χ1n) is 11.3. The van der Waals surface area contributed by atoms with Crippen molar-refractivity contribution in [2.24, 2.45) is 7.05 Å². The quantitative estimate of drug-likeness (QED) is 0.368. The molecule has 1 amide bonds. The van der Waals surface area contributed by atoms with Gasteiger partial charge in [0.1, 0.15) is 5.82 Å². The number of nitrogens with two attached hydrogens (primary N) is 1. The number of hydrogen-bond donors (Lipinski definition) is 1. The summed E-state index contributed by atoms with van der Waals surface area (Å²) in [5.74, 6) is 0.147. The van der Waals surface area contributed by atoms with Crippen molar-refractivity contribution < 1.29 is 18.0 Å². The van der Waals surface area contributed by atoms with Crippen LogP contribution >= 0.6 is 0 Å². The Balaban J connectivity index is 1.39. The molecule has 1 atom stereocenters. The molecular formula is C26H22F3N7O. The second-order valence-electron chi connectivity index (χ2n) is 8.77. The molecule has 0 aliphatic rings. The maximum atomic E-state index is 13.3. The van der Waals surface area contributed by atoms with Crippen LogP contribution in [-0.4, -0.2) is 42.8 Å². The van der Waals surface area contributed by atoms with Crippen molar-refractivity contribution in [2.75, 3.05) is 12.8 Å². The van der Waals surface area contributed by atoms with E-state index in [1.54, 1.807) is 60.2 Å². The zero-order valence-electron chi connectivity index (χ0n) is 20.2. The molecule has 0 fully saturated rings. The van der Waals surface area contributed by atoms with Crippen molar-refractivity contribution >= 4 is 33.5 Å². The highest BCUT2D eigenvalue weighted by molar-refractivity contribution is 6.10. The van der Waals surface area contributed by atoms with Gasteiger partial charge in [0.25, 0.3) is 5.91 Å². The largest absolute Gasteiger partial charge is 0.416 e. The molecule has 3 heterocycles. The maximum Gasteiger partial charge on any atom is 0.416 e. The van der Waals surface area contributed by atoms with Gasteiger partial charge in [-0.05, 0) is 49.4 Å². The number of aryl methyl sites for hydroxylation is 1. The number of rotatable bonds is 4. The Bertz CT molecular complexity index is 1630. The first kappa shape index (κ1) is 24.2. The van der Waals surface area contributed by atoms with Crippen molar-refractivity contribution in [3.63, 3.8) is 0 Å². The minimum atomic E-state index is -4.40. The number of aromatic nitrogens is 5. The molecule has 2 aromatic carbocycles. The average Bonchev–Trinajstić information content (AvgIpc) is 3.29. The molecule has 0 aliphatic carbocycles. The van der Waals surface area contributed by atoms with E-state index < -0.39 is 17.8 Å². The molecule has 0 spiro atoms. The Kier molecular flexibility index (Phi) is 5.77. The van der Waals surface area contributed by atoms with Gasteiger partial charge in [-0.25, -0.2) is 4.98 Å². The molecule has 11 heteroatoms. The molecule has 0 saturated heterocycles. The van der Waals surface area contributed by atoms with Gasteiger partial charge in [-0.2, -0.15) is 28.5 Å². The van der Waals surface area contributed by atoms with E-state index in [1.807, 2.05) is 6.92 Å². The highest BCUT2D eigenvalue weighted by atomic mass is 19.4. The fourth-order valence-electron chi connectivity index (χ4n) is 4.22. The molecular weight excluding hydrogens is 483 g/mol. The maximum absolute atomic E-state index is 13.3. The van der Waals surface area contributed by atoms with Crippen molar-refractivity contribution in [1.82, 2.24) is 29.9 Å². The van der Waals surface area contributed by atoms with Crippen LogP contribution in [0.1, 0.15) is 34.6 Å². The van der Waals surface area contributed by atoms with Gasteiger partial charge in [0, 0.05) is 30.6 Å². The second kappa shape index (κ2) is 8.84. The number of pyridine rings is 1. The summed E-state index contributed by atoms with van der Waals surface area (Å²) in [5.41, 5.74) is 8.72. The number of nitrogen functional groups attached to an aromatic ring is 1. The standard InChI is InChI=1S/C26H22F3N7O/c1-14(20-10-11-21(34-33-20)15-4-7-17(8-5-15)26(27,28)29)35(2)25(37)16-6-9-22-18(12-16)23-19(24(30)32-22)13-31-36(23)3/h4-14H,1-3H3,(H2,30,32). The lowest BCUT2D eigenvalue weighted by molar-refractivity contribution is -0.137. The van der Waals surface area contributed by atoms with Crippen LogP contribution in [0.25, 0.3) is 33.1 Å². The van der Waals surface area contributed by atoms with Gasteiger partial charge in [-0.3, -0.25) is 9.48 Å². The van der Waals surface area contributed by atoms with Crippen LogP contribution in [0.4, 0.5) is 19.0 Å². The Morgan fingerprint density at radius 3 is 2.41 bits per heavy atom. The van der Waals surface area contributed by atoms with Gasteiger partial charge in [-0.15, -0.1) is 0 Å². The van der Waals surface area contributed by atoms with Crippen LogP contribution in [0.3, 0.4) is 0 Å². The van der Waals surface area contributed by atoms with E-state index in [4.69, 9.17) is 5.73 Å². The highest BCUT2D eigenvalue weighted by Crippen LogP contribution is 2.31. The number of fused-ring (bicyclic) bond motifs is 3. The SMILES string of the molecule is CC(c1ccc(-c2ccc(C(F)(F)F)cc2)nn1)N(C)C(=O)c1ccc2nc(N)c3cnn(C)c3c2c1. The molecule has 8 nitrogen and oxygen atoms in total. The number of nitrogens with zero attached hydrogens (tertiary/aromatic N) is 6. The molecule has 0 saturated carbocycles. The van der Waals surface area contributed by atoms with E-state index in [0.717, 1.165) is 23.0 Å². The first-order valence-corrected chi connectivity index (χ1v) is 11.3. The Labute approximate surface area is 209 Å². The number of carbonyl (C=O) groups excluding carboxylic acids is 1. The predicted molar refractivity (Wildman–Crippen MR) is 133 cm³/mol. The first-order chi connectivity index (χ1) is 17.5. The van der Waals surface area contributed by atoms with Gasteiger partial charge < -0.3 is 10.6 Å². The van der Waals surface area contributed by atoms with Crippen LogP contribution in [-0.2, 0) is 13.2 Å². The summed E-state index contributed by atoms with van der Waals surface area (Å²) >= 11 is 0. The molecule has 5 rings (SSSR count). The molecule has 3 aromatic heterocycles. The Morgan fingerprint density at radius 2 is 1.76 bits per heavy atom. The molecule has 1 unspecified atom stereocenters. The fraction of sp³-hybridized carbons (Fsp3) is 0.192.